The highest BCUT2D eigenvalue weighted by Gasteiger charge is 2.03. The highest BCUT2D eigenvalue weighted by Crippen LogP contribution is 2.17. The third kappa shape index (κ3) is 5.92. The fourth-order valence-electron chi connectivity index (χ4n) is 1.86. The number of methoxy groups -OCH3 is 1. The van der Waals surface area contributed by atoms with Gasteiger partial charge in [0.15, 0.2) is 6.61 Å². The largest absolute Gasteiger partial charge is 0.497 e. The predicted octanol–water partition coefficient (Wildman–Crippen LogP) is 2.24. The third-order valence-electron chi connectivity index (χ3n) is 3.05. The van der Waals surface area contributed by atoms with E-state index in [9.17, 15) is 4.79 Å². The number of rotatable bonds is 8. The van der Waals surface area contributed by atoms with E-state index in [2.05, 4.69) is 16.4 Å². The van der Waals surface area contributed by atoms with Crippen molar-refractivity contribution in [2.24, 2.45) is 5.10 Å². The van der Waals surface area contributed by atoms with Crippen LogP contribution in [0.3, 0.4) is 0 Å². The SMILES string of the molecule is C#CCOc1ccccc1/C=N\NC(=O)COc1ccc(OC)cc1. The maximum Gasteiger partial charge on any atom is 0.277 e. The van der Waals surface area contributed by atoms with Crippen LogP contribution in [0.4, 0.5) is 0 Å². The van der Waals surface area contributed by atoms with E-state index in [1.165, 1.54) is 6.21 Å². The van der Waals surface area contributed by atoms with Gasteiger partial charge < -0.3 is 14.2 Å². The summed E-state index contributed by atoms with van der Waals surface area (Å²) < 4.78 is 15.8. The molecule has 1 amide bonds. The minimum Gasteiger partial charge on any atom is -0.497 e. The predicted molar refractivity (Wildman–Crippen MR) is 95.0 cm³/mol. The molecule has 0 saturated heterocycles. The lowest BCUT2D eigenvalue weighted by molar-refractivity contribution is -0.123. The van der Waals surface area contributed by atoms with Crippen molar-refractivity contribution >= 4 is 12.1 Å². The number of terminal acetylenes is 1. The summed E-state index contributed by atoms with van der Waals surface area (Å²) in [7, 11) is 1.58. The van der Waals surface area contributed by atoms with E-state index >= 15 is 0 Å². The van der Waals surface area contributed by atoms with Crippen LogP contribution in [0, 0.1) is 12.3 Å². The van der Waals surface area contributed by atoms with E-state index < -0.39 is 0 Å². The molecule has 2 aromatic carbocycles. The number of nitrogens with one attached hydrogen (secondary N) is 1. The van der Waals surface area contributed by atoms with Gasteiger partial charge in [-0.05, 0) is 36.4 Å². The first-order chi connectivity index (χ1) is 12.2. The van der Waals surface area contributed by atoms with Crippen molar-refractivity contribution in [1.29, 1.82) is 0 Å². The number of carbonyl (C=O) groups is 1. The Kier molecular flexibility index (Phi) is 6.89. The van der Waals surface area contributed by atoms with Crippen LogP contribution in [0.5, 0.6) is 17.2 Å². The number of hydrazone groups is 1. The lowest BCUT2D eigenvalue weighted by atomic mass is 10.2. The number of amides is 1. The maximum atomic E-state index is 11.8. The first-order valence-electron chi connectivity index (χ1n) is 7.47. The Morgan fingerprint density at radius 2 is 1.88 bits per heavy atom. The average molecular weight is 338 g/mol. The van der Waals surface area contributed by atoms with E-state index in [4.69, 9.17) is 20.6 Å². The lowest BCUT2D eigenvalue weighted by Gasteiger charge is -2.06. The molecule has 0 aliphatic rings. The van der Waals surface area contributed by atoms with Crippen LogP contribution in [0.25, 0.3) is 0 Å². The summed E-state index contributed by atoms with van der Waals surface area (Å²) in [4.78, 5) is 11.8. The van der Waals surface area contributed by atoms with Crippen LogP contribution in [0.1, 0.15) is 5.56 Å². The third-order valence-corrected chi connectivity index (χ3v) is 3.05. The Balaban J connectivity index is 1.83. The molecule has 6 nitrogen and oxygen atoms in total. The van der Waals surface area contributed by atoms with E-state index in [0.29, 0.717) is 22.8 Å². The smallest absolute Gasteiger partial charge is 0.277 e. The van der Waals surface area contributed by atoms with E-state index in [1.54, 1.807) is 43.5 Å². The summed E-state index contributed by atoms with van der Waals surface area (Å²) in [6, 6.07) is 14.2. The quantitative estimate of drug-likeness (QED) is 0.455. The van der Waals surface area contributed by atoms with Crippen LogP contribution in [0.15, 0.2) is 53.6 Å². The minimum atomic E-state index is -0.380. The Hall–Kier alpha value is -3.46. The van der Waals surface area contributed by atoms with Crippen LogP contribution in [-0.2, 0) is 4.79 Å². The van der Waals surface area contributed by atoms with Crippen molar-refractivity contribution in [3.05, 3.63) is 54.1 Å². The molecule has 0 spiro atoms. The number of para-hydroxylation sites is 1. The van der Waals surface area contributed by atoms with Gasteiger partial charge in [-0.2, -0.15) is 5.10 Å². The zero-order valence-electron chi connectivity index (χ0n) is 13.8. The Morgan fingerprint density at radius 3 is 2.60 bits per heavy atom. The number of nitrogens with zero attached hydrogens (tertiary/aromatic N) is 1. The molecule has 0 aliphatic heterocycles. The highest BCUT2D eigenvalue weighted by atomic mass is 16.5. The van der Waals surface area contributed by atoms with Gasteiger partial charge in [0.1, 0.15) is 23.9 Å². The fourth-order valence-corrected chi connectivity index (χ4v) is 1.86. The zero-order chi connectivity index (χ0) is 17.9. The van der Waals surface area contributed by atoms with E-state index in [-0.39, 0.29) is 19.1 Å². The number of hydrogen-bond donors (Lipinski definition) is 1. The van der Waals surface area contributed by atoms with Crippen molar-refractivity contribution in [2.75, 3.05) is 20.3 Å². The first-order valence-corrected chi connectivity index (χ1v) is 7.47. The van der Waals surface area contributed by atoms with Gasteiger partial charge in [0.2, 0.25) is 0 Å². The zero-order valence-corrected chi connectivity index (χ0v) is 13.8. The topological polar surface area (TPSA) is 69.2 Å². The van der Waals surface area contributed by atoms with Gasteiger partial charge in [-0.15, -0.1) is 6.42 Å². The molecule has 0 atom stereocenters. The fraction of sp³-hybridized carbons (Fsp3) is 0.158. The van der Waals surface area contributed by atoms with Crippen molar-refractivity contribution in [3.8, 4) is 29.6 Å². The monoisotopic (exact) mass is 338 g/mol. The molecule has 25 heavy (non-hydrogen) atoms. The molecule has 128 valence electrons. The van der Waals surface area contributed by atoms with Gasteiger partial charge in [0.25, 0.3) is 5.91 Å². The van der Waals surface area contributed by atoms with Crippen LogP contribution < -0.4 is 19.6 Å². The molecule has 0 radical (unpaired) electrons. The van der Waals surface area contributed by atoms with Crippen LogP contribution in [0.2, 0.25) is 0 Å². The van der Waals surface area contributed by atoms with Crippen LogP contribution >= 0.6 is 0 Å². The molecule has 0 bridgehead atoms. The molecule has 0 unspecified atom stereocenters. The molecule has 0 fully saturated rings. The second-order valence-corrected chi connectivity index (χ2v) is 4.79. The molecule has 0 saturated carbocycles. The summed E-state index contributed by atoms with van der Waals surface area (Å²) in [6.07, 6.45) is 6.66. The second kappa shape index (κ2) is 9.63. The summed E-state index contributed by atoms with van der Waals surface area (Å²) in [5.74, 6) is 3.88. The summed E-state index contributed by atoms with van der Waals surface area (Å²) in [6.45, 7) is 0.00578. The number of hydrogen-bond acceptors (Lipinski definition) is 5. The normalized spacial score (nSPS) is 10.1. The van der Waals surface area contributed by atoms with Gasteiger partial charge in [-0.1, -0.05) is 18.1 Å². The summed E-state index contributed by atoms with van der Waals surface area (Å²) in [5, 5.41) is 3.89. The van der Waals surface area contributed by atoms with Crippen molar-refractivity contribution in [3.63, 3.8) is 0 Å². The number of ether oxygens (including phenoxy) is 3. The molecule has 2 rings (SSSR count). The van der Waals surface area contributed by atoms with Gasteiger partial charge in [-0.25, -0.2) is 5.43 Å². The van der Waals surface area contributed by atoms with E-state index in [0.717, 1.165) is 0 Å². The summed E-state index contributed by atoms with van der Waals surface area (Å²) in [5.41, 5.74) is 3.10. The molecular weight excluding hydrogens is 320 g/mol. The Labute approximate surface area is 146 Å². The van der Waals surface area contributed by atoms with Gasteiger partial charge in [-0.3, -0.25) is 4.79 Å². The average Bonchev–Trinajstić information content (AvgIpc) is 2.66. The van der Waals surface area contributed by atoms with Crippen LogP contribution in [-0.4, -0.2) is 32.4 Å². The second-order valence-electron chi connectivity index (χ2n) is 4.79. The van der Waals surface area contributed by atoms with Gasteiger partial charge in [0.05, 0.1) is 13.3 Å². The maximum absolute atomic E-state index is 11.8. The van der Waals surface area contributed by atoms with Crippen molar-refractivity contribution < 1.29 is 19.0 Å². The molecule has 1 N–H and O–H groups in total. The van der Waals surface area contributed by atoms with E-state index in [1.807, 2.05) is 12.1 Å². The van der Waals surface area contributed by atoms with Crippen molar-refractivity contribution in [1.82, 2.24) is 5.43 Å². The Morgan fingerprint density at radius 1 is 1.16 bits per heavy atom. The molecular formula is C19H18N2O4. The van der Waals surface area contributed by atoms with Gasteiger partial charge in [0, 0.05) is 5.56 Å². The van der Waals surface area contributed by atoms with Crippen molar-refractivity contribution in [2.45, 2.75) is 0 Å². The molecule has 0 heterocycles. The molecule has 6 heteroatoms. The summed E-state index contributed by atoms with van der Waals surface area (Å²) >= 11 is 0. The van der Waals surface area contributed by atoms with Gasteiger partial charge >= 0.3 is 0 Å². The standard InChI is InChI=1S/C19H18N2O4/c1-3-12-24-18-7-5-4-6-15(18)13-20-21-19(22)14-25-17-10-8-16(23-2)9-11-17/h1,4-11,13H,12,14H2,2H3,(H,21,22)/b20-13-. The molecule has 0 aliphatic carbocycles. The molecule has 2 aromatic rings. The molecule has 0 aromatic heterocycles. The number of carbonyl (C=O) groups excluding carboxylic acids is 1. The number of benzene rings is 2. The minimum absolute atomic E-state index is 0.154. The Bertz CT molecular complexity index is 764. The lowest BCUT2D eigenvalue weighted by Crippen LogP contribution is -2.24. The highest BCUT2D eigenvalue weighted by molar-refractivity contribution is 5.85. The first kappa shape index (κ1) is 17.9.